The number of Topliss-reactive ketones (excluding diaryl/α,β-unsaturated/α-hetero) is 1. The molecular formula is C27H25N3O3. The van der Waals surface area contributed by atoms with E-state index in [0.717, 1.165) is 40.2 Å². The van der Waals surface area contributed by atoms with Crippen LogP contribution in [0.3, 0.4) is 0 Å². The maximum absolute atomic E-state index is 12.6. The fourth-order valence-corrected chi connectivity index (χ4v) is 4.47. The lowest BCUT2D eigenvalue weighted by Crippen LogP contribution is -2.35. The molecule has 1 N–H and O–H groups in total. The van der Waals surface area contributed by atoms with E-state index in [4.69, 9.17) is 4.74 Å². The van der Waals surface area contributed by atoms with Crippen LogP contribution in [0.4, 0.5) is 5.82 Å². The Bertz CT molecular complexity index is 1380. The monoisotopic (exact) mass is 439 g/mol. The van der Waals surface area contributed by atoms with Crippen molar-refractivity contribution in [1.29, 1.82) is 0 Å². The summed E-state index contributed by atoms with van der Waals surface area (Å²) in [4.78, 5) is 29.4. The van der Waals surface area contributed by atoms with Crippen molar-refractivity contribution in [3.05, 3.63) is 100.0 Å². The van der Waals surface area contributed by atoms with Crippen LogP contribution in [0.2, 0.25) is 0 Å². The molecule has 0 fully saturated rings. The number of fused-ring (bicyclic) bond motifs is 3. The van der Waals surface area contributed by atoms with Gasteiger partial charge in [-0.15, -0.1) is 0 Å². The van der Waals surface area contributed by atoms with Gasteiger partial charge in [-0.2, -0.15) is 4.98 Å². The number of hydrogen-bond donors (Lipinski definition) is 1. The van der Waals surface area contributed by atoms with Gasteiger partial charge in [0.1, 0.15) is 17.4 Å². The van der Waals surface area contributed by atoms with Crippen molar-refractivity contribution < 1.29 is 9.53 Å². The van der Waals surface area contributed by atoms with Crippen LogP contribution >= 0.6 is 0 Å². The van der Waals surface area contributed by atoms with Gasteiger partial charge in [0.2, 0.25) is 0 Å². The molecule has 1 atom stereocenters. The third-order valence-electron chi connectivity index (χ3n) is 6.18. The molecule has 0 bridgehead atoms. The molecule has 6 nitrogen and oxygen atoms in total. The standard InChI is InChI=1S/C27H25N3O3/c1-33-23-6-4-5-19(15-23)14-22(31)13-18-9-11-20(12-10-18)21-16-28-26-24-7-2-3-8-25(24)29-27(32)30(26)17-21/h2-12,15,21,28H,13-14,16-17H2,1H3. The number of carbonyl (C=O) groups is 1. The maximum atomic E-state index is 12.6. The van der Waals surface area contributed by atoms with E-state index in [9.17, 15) is 9.59 Å². The number of nitrogens with one attached hydrogen (secondary N) is 1. The first kappa shape index (κ1) is 20.9. The predicted molar refractivity (Wildman–Crippen MR) is 129 cm³/mol. The summed E-state index contributed by atoms with van der Waals surface area (Å²) in [7, 11) is 1.62. The van der Waals surface area contributed by atoms with Gasteiger partial charge in [0.25, 0.3) is 0 Å². The minimum atomic E-state index is -0.236. The minimum Gasteiger partial charge on any atom is -0.497 e. The summed E-state index contributed by atoms with van der Waals surface area (Å²) in [5.74, 6) is 1.91. The second-order valence-electron chi connectivity index (χ2n) is 8.43. The molecule has 33 heavy (non-hydrogen) atoms. The van der Waals surface area contributed by atoms with Crippen LogP contribution in [0, 0.1) is 0 Å². The predicted octanol–water partition coefficient (Wildman–Crippen LogP) is 3.97. The van der Waals surface area contributed by atoms with Crippen molar-refractivity contribution in [2.24, 2.45) is 0 Å². The number of anilines is 1. The second kappa shape index (κ2) is 8.90. The lowest BCUT2D eigenvalue weighted by Gasteiger charge is -2.28. The Kier molecular flexibility index (Phi) is 5.65. The Labute approximate surface area is 191 Å². The summed E-state index contributed by atoms with van der Waals surface area (Å²) in [5.41, 5.74) is 3.55. The normalized spacial score (nSPS) is 15.0. The molecule has 6 heteroatoms. The van der Waals surface area contributed by atoms with E-state index in [1.165, 1.54) is 0 Å². The Morgan fingerprint density at radius 2 is 1.82 bits per heavy atom. The molecule has 1 unspecified atom stereocenters. The molecule has 2 heterocycles. The summed E-state index contributed by atoms with van der Waals surface area (Å²) in [5, 5.41) is 4.40. The second-order valence-corrected chi connectivity index (χ2v) is 8.43. The van der Waals surface area contributed by atoms with Gasteiger partial charge < -0.3 is 10.1 Å². The minimum absolute atomic E-state index is 0.152. The molecule has 4 aromatic rings. The zero-order chi connectivity index (χ0) is 22.8. The molecule has 0 amide bonds. The molecule has 1 aliphatic rings. The quantitative estimate of drug-likeness (QED) is 0.492. The lowest BCUT2D eigenvalue weighted by molar-refractivity contribution is -0.117. The highest BCUT2D eigenvalue weighted by molar-refractivity contribution is 5.89. The van der Waals surface area contributed by atoms with Crippen molar-refractivity contribution >= 4 is 22.5 Å². The van der Waals surface area contributed by atoms with Gasteiger partial charge in [-0.3, -0.25) is 9.36 Å². The number of aromatic nitrogens is 2. The Morgan fingerprint density at radius 1 is 1.03 bits per heavy atom. The summed E-state index contributed by atoms with van der Waals surface area (Å²) in [6.07, 6.45) is 0.769. The van der Waals surface area contributed by atoms with E-state index in [0.29, 0.717) is 24.9 Å². The van der Waals surface area contributed by atoms with Crippen LogP contribution in [0.15, 0.2) is 77.6 Å². The van der Waals surface area contributed by atoms with E-state index in [1.54, 1.807) is 11.7 Å². The van der Waals surface area contributed by atoms with Crippen molar-refractivity contribution in [2.45, 2.75) is 25.3 Å². The van der Waals surface area contributed by atoms with Crippen LogP contribution in [0.1, 0.15) is 22.6 Å². The number of ketones is 1. The molecule has 0 saturated carbocycles. The van der Waals surface area contributed by atoms with Gasteiger partial charge >= 0.3 is 5.69 Å². The molecule has 1 aromatic heterocycles. The number of hydrogen-bond acceptors (Lipinski definition) is 5. The van der Waals surface area contributed by atoms with Crippen molar-refractivity contribution in [3.8, 4) is 5.75 Å². The summed E-state index contributed by atoms with van der Waals surface area (Å²) >= 11 is 0. The van der Waals surface area contributed by atoms with Gasteiger partial charge in [0.05, 0.1) is 12.6 Å². The number of nitrogens with zero attached hydrogens (tertiary/aromatic N) is 2. The number of benzene rings is 3. The molecule has 0 spiro atoms. The Morgan fingerprint density at radius 3 is 2.64 bits per heavy atom. The van der Waals surface area contributed by atoms with Gasteiger partial charge in [-0.25, -0.2) is 4.79 Å². The molecule has 1 aliphatic heterocycles. The van der Waals surface area contributed by atoms with Crippen LogP contribution in [-0.4, -0.2) is 29.0 Å². The average molecular weight is 440 g/mol. The van der Waals surface area contributed by atoms with E-state index in [-0.39, 0.29) is 17.4 Å². The average Bonchev–Trinajstić information content (AvgIpc) is 2.84. The first-order chi connectivity index (χ1) is 16.1. The first-order valence-electron chi connectivity index (χ1n) is 11.1. The SMILES string of the molecule is COc1cccc(CC(=O)Cc2ccc(C3CNc4c5ccccc5nc(=O)n4C3)cc2)c1. The third kappa shape index (κ3) is 4.37. The zero-order valence-corrected chi connectivity index (χ0v) is 18.5. The van der Waals surface area contributed by atoms with E-state index < -0.39 is 0 Å². The third-order valence-corrected chi connectivity index (χ3v) is 6.18. The molecule has 0 saturated heterocycles. The summed E-state index contributed by atoms with van der Waals surface area (Å²) < 4.78 is 6.96. The molecule has 166 valence electrons. The number of para-hydroxylation sites is 1. The molecule has 5 rings (SSSR count). The Hall–Kier alpha value is -3.93. The van der Waals surface area contributed by atoms with Crippen molar-refractivity contribution in [1.82, 2.24) is 9.55 Å². The van der Waals surface area contributed by atoms with Crippen LogP contribution in [-0.2, 0) is 24.2 Å². The number of rotatable bonds is 6. The summed E-state index contributed by atoms with van der Waals surface area (Å²) in [6.45, 7) is 1.31. The molecule has 3 aromatic carbocycles. The Balaban J connectivity index is 1.28. The fraction of sp³-hybridized carbons (Fsp3) is 0.222. The van der Waals surface area contributed by atoms with E-state index in [2.05, 4.69) is 22.4 Å². The molecule has 0 aliphatic carbocycles. The smallest absolute Gasteiger partial charge is 0.349 e. The topological polar surface area (TPSA) is 73.2 Å². The van der Waals surface area contributed by atoms with Gasteiger partial charge in [0, 0.05) is 37.2 Å². The van der Waals surface area contributed by atoms with Gasteiger partial charge in [0.15, 0.2) is 0 Å². The van der Waals surface area contributed by atoms with E-state index in [1.807, 2.05) is 60.7 Å². The number of carbonyl (C=O) groups excluding carboxylic acids is 1. The number of ether oxygens (including phenoxy) is 1. The number of methoxy groups -OCH3 is 1. The fourth-order valence-electron chi connectivity index (χ4n) is 4.47. The van der Waals surface area contributed by atoms with Gasteiger partial charge in [-0.05, 0) is 41.0 Å². The van der Waals surface area contributed by atoms with E-state index >= 15 is 0 Å². The molecule has 0 radical (unpaired) electrons. The van der Waals surface area contributed by atoms with Gasteiger partial charge in [-0.1, -0.05) is 48.5 Å². The van der Waals surface area contributed by atoms with Crippen molar-refractivity contribution in [2.75, 3.05) is 19.0 Å². The maximum Gasteiger partial charge on any atom is 0.349 e. The van der Waals surface area contributed by atoms with Crippen LogP contribution in [0.5, 0.6) is 5.75 Å². The lowest BCUT2D eigenvalue weighted by atomic mass is 9.94. The van der Waals surface area contributed by atoms with Crippen LogP contribution < -0.4 is 15.7 Å². The van der Waals surface area contributed by atoms with Crippen molar-refractivity contribution in [3.63, 3.8) is 0 Å². The highest BCUT2D eigenvalue weighted by Gasteiger charge is 2.23. The largest absolute Gasteiger partial charge is 0.497 e. The summed E-state index contributed by atoms with van der Waals surface area (Å²) in [6, 6.07) is 23.4. The first-order valence-corrected chi connectivity index (χ1v) is 11.1. The van der Waals surface area contributed by atoms with Crippen LogP contribution in [0.25, 0.3) is 10.9 Å². The zero-order valence-electron chi connectivity index (χ0n) is 18.5. The molecular weight excluding hydrogens is 414 g/mol. The highest BCUT2D eigenvalue weighted by atomic mass is 16.5. The highest BCUT2D eigenvalue weighted by Crippen LogP contribution is 2.29.